The first-order valence-corrected chi connectivity index (χ1v) is 4.39. The predicted molar refractivity (Wildman–Crippen MR) is 60.0 cm³/mol. The van der Waals surface area contributed by atoms with E-state index in [4.69, 9.17) is 21.1 Å². The Kier molecular flexibility index (Phi) is 16.5. The van der Waals surface area contributed by atoms with E-state index in [1.54, 1.807) is 0 Å². The second-order valence-electron chi connectivity index (χ2n) is 3.03. The van der Waals surface area contributed by atoms with Crippen LogP contribution in [-0.2, 0) is 41.0 Å². The van der Waals surface area contributed by atoms with Gasteiger partial charge in [0.05, 0.1) is 0 Å². The van der Waals surface area contributed by atoms with Crippen LogP contribution in [0.5, 0.6) is 0 Å². The molecule has 0 spiro atoms. The first-order chi connectivity index (χ1) is 7.75. The molecule has 0 aliphatic heterocycles. The Balaban J connectivity index is -0.000000427. The number of hydrogen-bond acceptors (Lipinski definition) is 8. The average molecular weight is 339 g/mol. The minimum absolute atomic E-state index is 0. The van der Waals surface area contributed by atoms with Crippen LogP contribution in [0.3, 0.4) is 0 Å². The van der Waals surface area contributed by atoms with E-state index >= 15 is 0 Å². The summed E-state index contributed by atoms with van der Waals surface area (Å²) >= 11 is 0. The summed E-state index contributed by atoms with van der Waals surface area (Å²) in [5.74, 6) is -6.12. The minimum Gasteiger partial charge on any atom is -0.480 e. The number of nitrogens with two attached hydrogens (primary N) is 1. The molecule has 0 aromatic heterocycles. The van der Waals surface area contributed by atoms with Crippen LogP contribution in [0.25, 0.3) is 0 Å². The van der Waals surface area contributed by atoms with Gasteiger partial charge in [0.15, 0.2) is 0 Å². The summed E-state index contributed by atoms with van der Waals surface area (Å²) in [7, 11) is 0. The van der Waals surface area contributed by atoms with Crippen LogP contribution >= 0.6 is 0 Å². The van der Waals surface area contributed by atoms with E-state index in [9.17, 15) is 19.2 Å². The molecule has 0 unspecified atom stereocenters. The van der Waals surface area contributed by atoms with Crippen LogP contribution in [0, 0.1) is 0 Å². The number of hydrogen-bond donors (Lipinski definition) is 6. The largest absolute Gasteiger partial charge is 0.480 e. The average Bonchev–Trinajstić information content (AvgIpc) is 2.21. The zero-order chi connectivity index (χ0) is 13.6. The van der Waals surface area contributed by atoms with Gasteiger partial charge >= 0.3 is 23.9 Å². The fourth-order valence-corrected chi connectivity index (χ4v) is 0.794. The Labute approximate surface area is 124 Å². The molecule has 0 radical (unpaired) electrons. The molecular formula is C8H17FeN3O8. The van der Waals surface area contributed by atoms with Gasteiger partial charge in [0.25, 0.3) is 6.10 Å². The first kappa shape index (κ1) is 26.8. The summed E-state index contributed by atoms with van der Waals surface area (Å²) in [5, 5.41) is 25.2. The minimum atomic E-state index is -2.30. The normalized spacial score (nSPS) is 10.1. The van der Waals surface area contributed by atoms with E-state index in [1.807, 2.05) is 0 Å². The number of aliphatic carboxylic acids is 3. The maximum Gasteiger partial charge on any atom is 0.356 e. The molecule has 0 aromatic carbocycles. The molecule has 0 bridgehead atoms. The van der Waals surface area contributed by atoms with Crippen molar-refractivity contribution in [3.63, 3.8) is 0 Å². The molecule has 0 rings (SSSR count). The van der Waals surface area contributed by atoms with Gasteiger partial charge in [-0.05, 0) is 6.42 Å². The molecule has 0 fully saturated rings. The van der Waals surface area contributed by atoms with Gasteiger partial charge < -0.3 is 38.1 Å². The Bertz CT molecular complexity index is 337. The first-order valence-electron chi connectivity index (χ1n) is 4.39. The van der Waals surface area contributed by atoms with Crippen molar-refractivity contribution in [1.29, 1.82) is 0 Å². The second kappa shape index (κ2) is 12.3. The number of carboxylic acids is 3. The molecule has 0 saturated carbocycles. The van der Waals surface area contributed by atoms with E-state index in [1.165, 1.54) is 0 Å². The van der Waals surface area contributed by atoms with Gasteiger partial charge in [-0.25, -0.2) is 9.59 Å². The zero-order valence-corrected chi connectivity index (χ0v) is 11.4. The maximum absolute atomic E-state index is 11.0. The van der Waals surface area contributed by atoms with Crippen molar-refractivity contribution in [2.75, 3.05) is 0 Å². The van der Waals surface area contributed by atoms with Crippen LogP contribution in [0.2, 0.25) is 0 Å². The summed E-state index contributed by atoms with van der Waals surface area (Å²) < 4.78 is 4.12. The van der Waals surface area contributed by atoms with E-state index in [-0.39, 0.29) is 35.8 Å². The molecule has 0 aromatic rings. The van der Waals surface area contributed by atoms with E-state index < -0.39 is 42.4 Å². The molecule has 0 amide bonds. The molecule has 0 saturated heterocycles. The van der Waals surface area contributed by atoms with Crippen molar-refractivity contribution < 1.29 is 56.3 Å². The van der Waals surface area contributed by atoms with Crippen LogP contribution in [-0.4, -0.2) is 51.3 Å². The molecule has 11 nitrogen and oxygen atoms in total. The van der Waals surface area contributed by atoms with Crippen molar-refractivity contribution in [3.05, 3.63) is 0 Å². The number of carbonyl (C=O) groups excluding carboxylic acids is 1. The van der Waals surface area contributed by atoms with E-state index in [0.29, 0.717) is 0 Å². The SMILES string of the molecule is N.N.N[C@@H](CCC(=O)OC(C(=O)O)C(=O)O)C(=O)O.[Fe]. The van der Waals surface area contributed by atoms with Crippen molar-refractivity contribution in [3.8, 4) is 0 Å². The molecule has 12 heteroatoms. The second-order valence-corrected chi connectivity index (χ2v) is 3.03. The smallest absolute Gasteiger partial charge is 0.356 e. The summed E-state index contributed by atoms with van der Waals surface area (Å²) in [4.78, 5) is 42.0. The van der Waals surface area contributed by atoms with E-state index in [0.717, 1.165) is 0 Å². The molecule has 0 heterocycles. The molecule has 120 valence electrons. The summed E-state index contributed by atoms with van der Waals surface area (Å²) in [6, 6.07) is -1.30. The fraction of sp³-hybridized carbons (Fsp3) is 0.500. The maximum atomic E-state index is 11.0. The Morgan fingerprint density at radius 3 is 1.65 bits per heavy atom. The third kappa shape index (κ3) is 10.2. The molecule has 20 heavy (non-hydrogen) atoms. The van der Waals surface area contributed by atoms with Gasteiger partial charge in [0.2, 0.25) is 0 Å². The molecule has 0 aliphatic carbocycles. The predicted octanol–water partition coefficient (Wildman–Crippen LogP) is -1.42. The fourth-order valence-electron chi connectivity index (χ4n) is 0.794. The monoisotopic (exact) mass is 339 g/mol. The molecular weight excluding hydrogens is 322 g/mol. The van der Waals surface area contributed by atoms with Crippen molar-refractivity contribution in [2.24, 2.45) is 5.73 Å². The third-order valence-corrected chi connectivity index (χ3v) is 1.67. The Hall–Kier alpha value is -1.72. The van der Waals surface area contributed by atoms with Gasteiger partial charge in [-0.1, -0.05) is 0 Å². The Morgan fingerprint density at radius 1 is 0.950 bits per heavy atom. The van der Waals surface area contributed by atoms with Gasteiger partial charge in [-0.2, -0.15) is 0 Å². The number of ether oxygens (including phenoxy) is 1. The van der Waals surface area contributed by atoms with Gasteiger partial charge in [0, 0.05) is 23.5 Å². The third-order valence-electron chi connectivity index (χ3n) is 1.67. The Morgan fingerprint density at radius 2 is 1.35 bits per heavy atom. The van der Waals surface area contributed by atoms with Crippen molar-refractivity contribution in [1.82, 2.24) is 12.3 Å². The van der Waals surface area contributed by atoms with Crippen LogP contribution in [0.4, 0.5) is 0 Å². The van der Waals surface area contributed by atoms with Crippen LogP contribution in [0.1, 0.15) is 12.8 Å². The standard InChI is InChI=1S/C8H11NO8.Fe.2H3N/c9-3(6(11)12)1-2-4(10)17-5(7(13)14)8(15)16;;;/h3,5H,1-2,9H2,(H,11,12)(H,13,14)(H,15,16);;2*1H3/t3-;;;/m0.../s1. The molecule has 1 atom stereocenters. The number of carbonyl (C=O) groups is 4. The number of esters is 1. The van der Waals surface area contributed by atoms with Gasteiger partial charge in [-0.3, -0.25) is 9.59 Å². The summed E-state index contributed by atoms with van der Waals surface area (Å²) in [6.45, 7) is 0. The van der Waals surface area contributed by atoms with Crippen LogP contribution in [0.15, 0.2) is 0 Å². The number of rotatable bonds is 7. The molecule has 0 aliphatic rings. The quantitative estimate of drug-likeness (QED) is 0.179. The van der Waals surface area contributed by atoms with Gasteiger partial charge in [0.1, 0.15) is 6.04 Å². The summed E-state index contributed by atoms with van der Waals surface area (Å²) in [6.07, 6.45) is -3.06. The van der Waals surface area contributed by atoms with Crippen LogP contribution < -0.4 is 18.0 Å². The molecule has 11 N–H and O–H groups in total. The topological polar surface area (TPSA) is 234 Å². The van der Waals surface area contributed by atoms with E-state index in [2.05, 4.69) is 4.74 Å². The zero-order valence-electron chi connectivity index (χ0n) is 10.3. The summed E-state index contributed by atoms with van der Waals surface area (Å²) in [5.41, 5.74) is 5.08. The van der Waals surface area contributed by atoms with Gasteiger partial charge in [-0.15, -0.1) is 0 Å². The van der Waals surface area contributed by atoms with Crippen molar-refractivity contribution >= 4 is 23.9 Å². The number of carboxylic acid groups (broad SMARTS) is 3. The van der Waals surface area contributed by atoms with Crippen molar-refractivity contribution in [2.45, 2.75) is 25.0 Å².